The molecule has 1 aromatic carbocycles. The van der Waals surface area contributed by atoms with E-state index in [1.54, 1.807) is 12.1 Å². The molecule has 0 fully saturated rings. The molecule has 108 valence electrons. The number of ether oxygens (including phenoxy) is 1. The van der Waals surface area contributed by atoms with Crippen LogP contribution in [-0.2, 0) is 0 Å². The van der Waals surface area contributed by atoms with Gasteiger partial charge in [-0.1, -0.05) is 20.8 Å². The lowest BCUT2D eigenvalue weighted by molar-refractivity contribution is 0.105. The van der Waals surface area contributed by atoms with Crippen LogP contribution < -0.4 is 10.1 Å². The molecule has 0 aromatic heterocycles. The van der Waals surface area contributed by atoms with Gasteiger partial charge in [0.1, 0.15) is 24.3 Å². The Morgan fingerprint density at radius 3 is 2.37 bits per heavy atom. The summed E-state index contributed by atoms with van der Waals surface area (Å²) < 4.78 is 18.0. The summed E-state index contributed by atoms with van der Waals surface area (Å²) in [7, 11) is 0. The third kappa shape index (κ3) is 6.55. The van der Waals surface area contributed by atoms with Crippen molar-refractivity contribution in [3.63, 3.8) is 0 Å². The highest BCUT2D eigenvalue weighted by molar-refractivity contribution is 5.22. The first kappa shape index (κ1) is 15.9. The van der Waals surface area contributed by atoms with Gasteiger partial charge in [0.2, 0.25) is 0 Å². The molecule has 0 saturated carbocycles. The average Bonchev–Trinajstić information content (AvgIpc) is 2.37. The molecule has 1 aromatic rings. The van der Waals surface area contributed by atoms with Crippen LogP contribution in [0.3, 0.4) is 0 Å². The summed E-state index contributed by atoms with van der Waals surface area (Å²) in [4.78, 5) is 0. The van der Waals surface area contributed by atoms with Crippen LogP contribution in [-0.4, -0.2) is 30.9 Å². The third-order valence-electron chi connectivity index (χ3n) is 3.24. The normalized spacial score (nSPS) is 14.4. The molecule has 0 amide bonds. The molecule has 1 rings (SSSR count). The van der Waals surface area contributed by atoms with Crippen molar-refractivity contribution in [3.8, 4) is 5.75 Å². The summed E-state index contributed by atoms with van der Waals surface area (Å²) in [6.45, 7) is 8.12. The average molecular weight is 269 g/mol. The number of aliphatic hydroxyl groups excluding tert-OH is 1. The van der Waals surface area contributed by atoms with E-state index in [1.807, 2.05) is 0 Å². The highest BCUT2D eigenvalue weighted by Crippen LogP contribution is 2.11. The Morgan fingerprint density at radius 1 is 1.16 bits per heavy atom. The first-order valence-electron chi connectivity index (χ1n) is 6.76. The van der Waals surface area contributed by atoms with Crippen LogP contribution in [0.5, 0.6) is 5.75 Å². The van der Waals surface area contributed by atoms with Crippen molar-refractivity contribution in [2.45, 2.75) is 26.9 Å². The Labute approximate surface area is 114 Å². The van der Waals surface area contributed by atoms with Crippen LogP contribution in [0.2, 0.25) is 0 Å². The first-order chi connectivity index (χ1) is 8.99. The summed E-state index contributed by atoms with van der Waals surface area (Å²) in [6.07, 6.45) is -0.565. The van der Waals surface area contributed by atoms with Crippen molar-refractivity contribution in [1.82, 2.24) is 5.32 Å². The van der Waals surface area contributed by atoms with E-state index in [4.69, 9.17) is 4.74 Å². The molecule has 3 nitrogen and oxygen atoms in total. The molecule has 0 bridgehead atoms. The quantitative estimate of drug-likeness (QED) is 0.761. The fourth-order valence-electron chi connectivity index (χ4n) is 1.50. The summed E-state index contributed by atoms with van der Waals surface area (Å²) >= 11 is 0. The number of rotatable bonds is 8. The highest BCUT2D eigenvalue weighted by atomic mass is 19.1. The Bertz CT molecular complexity index is 354. The van der Waals surface area contributed by atoms with Crippen LogP contribution in [0, 0.1) is 17.7 Å². The lowest BCUT2D eigenvalue weighted by Gasteiger charge is -2.18. The number of hydrogen-bond acceptors (Lipinski definition) is 3. The highest BCUT2D eigenvalue weighted by Gasteiger charge is 2.09. The first-order valence-corrected chi connectivity index (χ1v) is 6.76. The zero-order valence-electron chi connectivity index (χ0n) is 11.9. The van der Waals surface area contributed by atoms with Crippen LogP contribution in [0.4, 0.5) is 4.39 Å². The van der Waals surface area contributed by atoms with Crippen molar-refractivity contribution in [1.29, 1.82) is 0 Å². The fourth-order valence-corrected chi connectivity index (χ4v) is 1.50. The largest absolute Gasteiger partial charge is 0.491 e. The molecule has 0 saturated heterocycles. The molecule has 0 heterocycles. The second kappa shape index (κ2) is 8.12. The Kier molecular flexibility index (Phi) is 6.81. The maximum Gasteiger partial charge on any atom is 0.123 e. The smallest absolute Gasteiger partial charge is 0.123 e. The summed E-state index contributed by atoms with van der Waals surface area (Å²) in [5.74, 6) is 1.47. The number of halogens is 1. The molecule has 0 radical (unpaired) electrons. The molecule has 0 spiro atoms. The topological polar surface area (TPSA) is 41.5 Å². The van der Waals surface area contributed by atoms with Crippen LogP contribution in [0.15, 0.2) is 24.3 Å². The molecule has 2 unspecified atom stereocenters. The van der Waals surface area contributed by atoms with Crippen molar-refractivity contribution < 1.29 is 14.2 Å². The Morgan fingerprint density at radius 2 is 1.79 bits per heavy atom. The molecular weight excluding hydrogens is 245 g/mol. The maximum atomic E-state index is 12.7. The van der Waals surface area contributed by atoms with E-state index in [-0.39, 0.29) is 12.4 Å². The predicted molar refractivity (Wildman–Crippen MR) is 74.8 cm³/mol. The van der Waals surface area contributed by atoms with Crippen LogP contribution in [0.25, 0.3) is 0 Å². The minimum Gasteiger partial charge on any atom is -0.491 e. The van der Waals surface area contributed by atoms with Gasteiger partial charge in [-0.15, -0.1) is 0 Å². The van der Waals surface area contributed by atoms with Gasteiger partial charge < -0.3 is 15.2 Å². The van der Waals surface area contributed by atoms with Crippen LogP contribution in [0.1, 0.15) is 20.8 Å². The summed E-state index contributed by atoms with van der Waals surface area (Å²) in [6, 6.07) is 5.78. The Balaban J connectivity index is 2.17. The lowest BCUT2D eigenvalue weighted by Crippen LogP contribution is -2.34. The molecule has 19 heavy (non-hydrogen) atoms. The fraction of sp³-hybridized carbons (Fsp3) is 0.600. The van der Waals surface area contributed by atoms with Crippen molar-refractivity contribution in [2.75, 3.05) is 19.7 Å². The number of hydrogen-bond donors (Lipinski definition) is 2. The molecule has 0 aliphatic heterocycles. The SMILES string of the molecule is CC(C)C(C)CNCC(O)COc1ccc(F)cc1. The van der Waals surface area contributed by atoms with E-state index in [9.17, 15) is 9.50 Å². The Hall–Kier alpha value is -1.13. The molecule has 2 N–H and O–H groups in total. The molecule has 0 aliphatic rings. The second-order valence-corrected chi connectivity index (χ2v) is 5.30. The standard InChI is InChI=1S/C15H24FNO2/c1-11(2)12(3)8-17-9-14(18)10-19-15-6-4-13(16)5-7-15/h4-7,11-12,14,17-18H,8-10H2,1-3H3. The zero-order chi connectivity index (χ0) is 14.3. The van der Waals surface area contributed by atoms with Gasteiger partial charge in [-0.3, -0.25) is 0 Å². The minimum absolute atomic E-state index is 0.203. The number of aliphatic hydroxyl groups is 1. The van der Waals surface area contributed by atoms with E-state index in [0.29, 0.717) is 24.1 Å². The zero-order valence-corrected chi connectivity index (χ0v) is 11.9. The van der Waals surface area contributed by atoms with E-state index in [2.05, 4.69) is 26.1 Å². The lowest BCUT2D eigenvalue weighted by atomic mass is 9.98. The van der Waals surface area contributed by atoms with Gasteiger partial charge in [0, 0.05) is 6.54 Å². The van der Waals surface area contributed by atoms with Gasteiger partial charge in [0.25, 0.3) is 0 Å². The number of nitrogens with one attached hydrogen (secondary N) is 1. The van der Waals surface area contributed by atoms with Gasteiger partial charge in [0.05, 0.1) is 0 Å². The molecule has 0 aliphatic carbocycles. The maximum absolute atomic E-state index is 12.7. The van der Waals surface area contributed by atoms with E-state index >= 15 is 0 Å². The monoisotopic (exact) mass is 269 g/mol. The second-order valence-electron chi connectivity index (χ2n) is 5.30. The molecule has 2 atom stereocenters. The molecular formula is C15H24FNO2. The van der Waals surface area contributed by atoms with Gasteiger partial charge >= 0.3 is 0 Å². The van der Waals surface area contributed by atoms with Crippen molar-refractivity contribution in [2.24, 2.45) is 11.8 Å². The number of benzene rings is 1. The third-order valence-corrected chi connectivity index (χ3v) is 3.24. The molecule has 4 heteroatoms. The van der Waals surface area contributed by atoms with Gasteiger partial charge in [-0.05, 0) is 42.6 Å². The summed E-state index contributed by atoms with van der Waals surface area (Å²) in [5, 5.41) is 13.0. The van der Waals surface area contributed by atoms with E-state index < -0.39 is 6.10 Å². The van der Waals surface area contributed by atoms with Crippen molar-refractivity contribution >= 4 is 0 Å². The van der Waals surface area contributed by atoms with Crippen molar-refractivity contribution in [3.05, 3.63) is 30.1 Å². The van der Waals surface area contributed by atoms with Gasteiger partial charge in [-0.25, -0.2) is 4.39 Å². The minimum atomic E-state index is -0.565. The van der Waals surface area contributed by atoms with Gasteiger partial charge in [-0.2, -0.15) is 0 Å². The summed E-state index contributed by atoms with van der Waals surface area (Å²) in [5.41, 5.74) is 0. The predicted octanol–water partition coefficient (Wildman–Crippen LogP) is 2.45. The van der Waals surface area contributed by atoms with E-state index in [0.717, 1.165) is 6.54 Å². The van der Waals surface area contributed by atoms with Gasteiger partial charge in [0.15, 0.2) is 0 Å². The van der Waals surface area contributed by atoms with Crippen LogP contribution >= 0.6 is 0 Å². The van der Waals surface area contributed by atoms with E-state index in [1.165, 1.54) is 12.1 Å².